The lowest BCUT2D eigenvalue weighted by Crippen LogP contribution is -2.44. The van der Waals surface area contributed by atoms with Gasteiger partial charge in [0.15, 0.2) is 0 Å². The minimum Gasteiger partial charge on any atom is -0.345 e. The molecule has 1 aliphatic heterocycles. The van der Waals surface area contributed by atoms with Gasteiger partial charge in [0.25, 0.3) is 0 Å². The van der Waals surface area contributed by atoms with Gasteiger partial charge < -0.3 is 5.32 Å². The highest BCUT2D eigenvalue weighted by molar-refractivity contribution is 7.88. The van der Waals surface area contributed by atoms with Gasteiger partial charge in [0.05, 0.1) is 11.8 Å². The number of carbonyl (C=O) groups is 1. The van der Waals surface area contributed by atoms with Crippen LogP contribution in [0, 0.1) is 12.8 Å². The molecule has 1 N–H and O–H groups in total. The van der Waals surface area contributed by atoms with Crippen LogP contribution in [0.15, 0.2) is 78.9 Å². The molecule has 3 aromatic rings. The van der Waals surface area contributed by atoms with Crippen LogP contribution in [-0.4, -0.2) is 31.7 Å². The number of carbonyl (C=O) groups excluding carboxylic acids is 1. The zero-order valence-electron chi connectivity index (χ0n) is 19.2. The summed E-state index contributed by atoms with van der Waals surface area (Å²) in [5.41, 5.74) is 3.77. The predicted molar refractivity (Wildman–Crippen MR) is 136 cm³/mol. The molecule has 0 radical (unpaired) electrons. The third kappa shape index (κ3) is 5.69. The number of benzene rings is 3. The first-order valence-corrected chi connectivity index (χ1v) is 13.5. The van der Waals surface area contributed by atoms with Crippen molar-refractivity contribution < 1.29 is 13.2 Å². The Morgan fingerprint density at radius 2 is 1.59 bits per heavy atom. The average molecular weight is 497 g/mol. The van der Waals surface area contributed by atoms with Gasteiger partial charge in [-0.25, -0.2) is 12.7 Å². The molecular formula is C27H29ClN2O3S. The summed E-state index contributed by atoms with van der Waals surface area (Å²) in [6, 6.07) is 24.7. The second-order valence-electron chi connectivity index (χ2n) is 8.73. The Balaban J connectivity index is 1.43. The van der Waals surface area contributed by atoms with Crippen LogP contribution < -0.4 is 5.32 Å². The van der Waals surface area contributed by atoms with Crippen molar-refractivity contribution >= 4 is 27.5 Å². The molecule has 1 atom stereocenters. The van der Waals surface area contributed by atoms with E-state index in [4.69, 9.17) is 11.6 Å². The van der Waals surface area contributed by atoms with E-state index in [-0.39, 0.29) is 23.6 Å². The molecule has 0 aliphatic carbocycles. The van der Waals surface area contributed by atoms with E-state index >= 15 is 0 Å². The van der Waals surface area contributed by atoms with Crippen LogP contribution in [0.2, 0.25) is 5.02 Å². The minimum absolute atomic E-state index is 0.0414. The number of nitrogens with zero attached hydrogens (tertiary/aromatic N) is 1. The molecule has 0 bridgehead atoms. The van der Waals surface area contributed by atoms with Crippen molar-refractivity contribution in [2.45, 2.75) is 31.6 Å². The fraction of sp³-hybridized carbons (Fsp3) is 0.296. The van der Waals surface area contributed by atoms with Crippen molar-refractivity contribution in [3.63, 3.8) is 0 Å². The Labute approximate surface area is 206 Å². The molecule has 4 rings (SSSR count). The maximum absolute atomic E-state index is 13.3. The lowest BCUT2D eigenvalue weighted by atomic mass is 9.92. The van der Waals surface area contributed by atoms with Crippen molar-refractivity contribution in [3.05, 3.63) is 106 Å². The number of rotatable bonds is 7. The van der Waals surface area contributed by atoms with Crippen molar-refractivity contribution in [1.29, 1.82) is 0 Å². The molecule has 1 fully saturated rings. The Morgan fingerprint density at radius 3 is 2.26 bits per heavy atom. The molecule has 5 nitrogen and oxygen atoms in total. The standard InChI is InChI=1S/C27H29ClN2O3S/c1-20-9-5-7-13-24(20)26(21-10-3-2-4-11-21)29-27(31)22-15-17-30(18-16-22)34(32,33)19-23-12-6-8-14-25(23)28/h2-14,22,26H,15-19H2,1H3,(H,29,31). The van der Waals surface area contributed by atoms with E-state index in [9.17, 15) is 13.2 Å². The number of hydrogen-bond acceptors (Lipinski definition) is 3. The first kappa shape index (κ1) is 24.5. The normalized spacial score (nSPS) is 16.2. The van der Waals surface area contributed by atoms with Crippen LogP contribution >= 0.6 is 11.6 Å². The molecule has 34 heavy (non-hydrogen) atoms. The summed E-state index contributed by atoms with van der Waals surface area (Å²) in [6.45, 7) is 2.69. The molecule has 1 heterocycles. The SMILES string of the molecule is Cc1ccccc1C(NC(=O)C1CCN(S(=O)(=O)Cc2ccccc2Cl)CC1)c1ccccc1. The second-order valence-corrected chi connectivity index (χ2v) is 11.1. The summed E-state index contributed by atoms with van der Waals surface area (Å²) in [5, 5.41) is 3.68. The fourth-order valence-electron chi connectivity index (χ4n) is 4.46. The van der Waals surface area contributed by atoms with E-state index in [1.165, 1.54) is 4.31 Å². The van der Waals surface area contributed by atoms with Gasteiger partial charge in [0, 0.05) is 24.0 Å². The quantitative estimate of drug-likeness (QED) is 0.495. The molecule has 1 amide bonds. The Morgan fingerprint density at radius 1 is 0.971 bits per heavy atom. The number of hydrogen-bond donors (Lipinski definition) is 1. The monoisotopic (exact) mass is 496 g/mol. The number of halogens is 1. The molecule has 3 aromatic carbocycles. The van der Waals surface area contributed by atoms with Crippen LogP contribution in [0.5, 0.6) is 0 Å². The van der Waals surface area contributed by atoms with E-state index in [1.54, 1.807) is 24.3 Å². The maximum Gasteiger partial charge on any atom is 0.223 e. The smallest absolute Gasteiger partial charge is 0.223 e. The van der Waals surface area contributed by atoms with Gasteiger partial charge in [0.2, 0.25) is 15.9 Å². The van der Waals surface area contributed by atoms with Crippen LogP contribution in [0.3, 0.4) is 0 Å². The summed E-state index contributed by atoms with van der Waals surface area (Å²) in [4.78, 5) is 13.3. The van der Waals surface area contributed by atoms with E-state index in [1.807, 2.05) is 61.5 Å². The fourth-order valence-corrected chi connectivity index (χ4v) is 6.33. The highest BCUT2D eigenvalue weighted by Gasteiger charge is 2.32. The van der Waals surface area contributed by atoms with Crippen LogP contribution in [0.1, 0.15) is 41.1 Å². The number of amides is 1. The molecule has 7 heteroatoms. The predicted octanol–water partition coefficient (Wildman–Crippen LogP) is 5.10. The largest absolute Gasteiger partial charge is 0.345 e. The summed E-state index contributed by atoms with van der Waals surface area (Å²) in [5.74, 6) is -0.408. The first-order chi connectivity index (χ1) is 16.3. The molecular weight excluding hydrogens is 468 g/mol. The Hall–Kier alpha value is -2.67. The van der Waals surface area contributed by atoms with Crippen LogP contribution in [0.25, 0.3) is 0 Å². The molecule has 1 unspecified atom stereocenters. The molecule has 0 aromatic heterocycles. The molecule has 1 saturated heterocycles. The molecule has 0 spiro atoms. The van der Waals surface area contributed by atoms with Gasteiger partial charge in [-0.05, 0) is 48.1 Å². The van der Waals surface area contributed by atoms with Gasteiger partial charge >= 0.3 is 0 Å². The third-order valence-corrected chi connectivity index (χ3v) is 8.63. The van der Waals surface area contributed by atoms with E-state index in [0.717, 1.165) is 16.7 Å². The molecule has 1 aliphatic rings. The first-order valence-electron chi connectivity index (χ1n) is 11.5. The van der Waals surface area contributed by atoms with E-state index < -0.39 is 10.0 Å². The summed E-state index contributed by atoms with van der Waals surface area (Å²) >= 11 is 6.16. The minimum atomic E-state index is -3.51. The summed E-state index contributed by atoms with van der Waals surface area (Å²) in [6.07, 6.45) is 0.978. The van der Waals surface area contributed by atoms with Crippen molar-refractivity contribution in [3.8, 4) is 0 Å². The Bertz CT molecular complexity index is 1240. The van der Waals surface area contributed by atoms with Gasteiger partial charge in [-0.2, -0.15) is 0 Å². The van der Waals surface area contributed by atoms with Crippen LogP contribution in [-0.2, 0) is 20.6 Å². The van der Waals surface area contributed by atoms with E-state index in [0.29, 0.717) is 36.5 Å². The van der Waals surface area contributed by atoms with Crippen molar-refractivity contribution in [1.82, 2.24) is 9.62 Å². The van der Waals surface area contributed by atoms with E-state index in [2.05, 4.69) is 5.32 Å². The highest BCUT2D eigenvalue weighted by atomic mass is 35.5. The Kier molecular flexibility index (Phi) is 7.71. The van der Waals surface area contributed by atoms with Gasteiger partial charge in [-0.3, -0.25) is 4.79 Å². The highest BCUT2D eigenvalue weighted by Crippen LogP contribution is 2.28. The maximum atomic E-state index is 13.3. The third-order valence-electron chi connectivity index (χ3n) is 6.43. The van der Waals surface area contributed by atoms with Crippen molar-refractivity contribution in [2.24, 2.45) is 5.92 Å². The lowest BCUT2D eigenvalue weighted by molar-refractivity contribution is -0.126. The topological polar surface area (TPSA) is 66.5 Å². The van der Waals surface area contributed by atoms with Crippen molar-refractivity contribution in [2.75, 3.05) is 13.1 Å². The number of nitrogens with one attached hydrogen (secondary N) is 1. The summed E-state index contributed by atoms with van der Waals surface area (Å²) < 4.78 is 27.4. The average Bonchev–Trinajstić information content (AvgIpc) is 2.85. The van der Waals surface area contributed by atoms with Gasteiger partial charge in [0.1, 0.15) is 0 Å². The van der Waals surface area contributed by atoms with Crippen LogP contribution in [0.4, 0.5) is 0 Å². The number of sulfonamides is 1. The number of piperidine rings is 1. The lowest BCUT2D eigenvalue weighted by Gasteiger charge is -2.32. The van der Waals surface area contributed by atoms with Gasteiger partial charge in [-0.1, -0.05) is 84.4 Å². The summed E-state index contributed by atoms with van der Waals surface area (Å²) in [7, 11) is -3.51. The molecule has 0 saturated carbocycles. The zero-order valence-corrected chi connectivity index (χ0v) is 20.7. The zero-order chi connectivity index (χ0) is 24.1. The molecule has 178 valence electrons. The second kappa shape index (κ2) is 10.7. The van der Waals surface area contributed by atoms with Gasteiger partial charge in [-0.15, -0.1) is 0 Å². The number of aryl methyl sites for hydroxylation is 1.